The number of nitrogens with zero attached hydrogens (tertiary/aromatic N) is 1. The zero-order valence-corrected chi connectivity index (χ0v) is 13.6. The van der Waals surface area contributed by atoms with Gasteiger partial charge in [0.25, 0.3) is 0 Å². The van der Waals surface area contributed by atoms with E-state index in [1.54, 1.807) is 0 Å². The van der Waals surface area contributed by atoms with Crippen molar-refractivity contribution >= 4 is 0 Å². The molecule has 3 heteroatoms. The molecule has 122 valence electrons. The second kappa shape index (κ2) is 8.09. The van der Waals surface area contributed by atoms with Gasteiger partial charge in [-0.15, -0.1) is 0 Å². The van der Waals surface area contributed by atoms with Crippen LogP contribution in [0, 0.1) is 0 Å². The number of hydrogen-bond acceptors (Lipinski definition) is 3. The molecule has 0 unspecified atom stereocenters. The number of benzene rings is 1. The highest BCUT2D eigenvalue weighted by Crippen LogP contribution is 2.26. The highest BCUT2D eigenvalue weighted by molar-refractivity contribution is 5.19. The van der Waals surface area contributed by atoms with Crippen LogP contribution in [-0.4, -0.2) is 41.8 Å². The average molecular weight is 302 g/mol. The summed E-state index contributed by atoms with van der Waals surface area (Å²) in [7, 11) is 0. The molecule has 22 heavy (non-hydrogen) atoms. The van der Waals surface area contributed by atoms with Gasteiger partial charge in [-0.2, -0.15) is 0 Å². The molecule has 1 saturated carbocycles. The van der Waals surface area contributed by atoms with Crippen LogP contribution in [-0.2, 0) is 0 Å². The van der Waals surface area contributed by atoms with Crippen LogP contribution < -0.4 is 5.32 Å². The zero-order valence-electron chi connectivity index (χ0n) is 13.6. The number of likely N-dealkylation sites (tertiary alicyclic amines) is 1. The third kappa shape index (κ3) is 4.09. The average Bonchev–Trinajstić information content (AvgIpc) is 2.62. The first-order valence-electron chi connectivity index (χ1n) is 9.02. The van der Waals surface area contributed by atoms with Crippen molar-refractivity contribution in [2.45, 2.75) is 63.1 Å². The SMILES string of the molecule is OC[C@@H](NC1CCN(C2CCCCC2)CC1)c1ccccc1. The van der Waals surface area contributed by atoms with Gasteiger partial charge in [0.1, 0.15) is 0 Å². The van der Waals surface area contributed by atoms with E-state index in [2.05, 4.69) is 22.3 Å². The standard InChI is InChI=1S/C19H30N2O/c22-15-19(16-7-3-1-4-8-16)20-17-11-13-21(14-12-17)18-9-5-2-6-10-18/h1,3-4,7-8,17-20,22H,2,5-6,9-15H2/t19-/m1/s1. The smallest absolute Gasteiger partial charge is 0.0626 e. The minimum atomic E-state index is 0.0763. The first-order valence-corrected chi connectivity index (χ1v) is 9.02. The Hall–Kier alpha value is -0.900. The maximum absolute atomic E-state index is 9.69. The third-order valence-corrected chi connectivity index (χ3v) is 5.44. The lowest BCUT2D eigenvalue weighted by molar-refractivity contribution is 0.108. The predicted octanol–water partition coefficient (Wildman–Crippen LogP) is 3.11. The largest absolute Gasteiger partial charge is 0.394 e. The molecule has 0 spiro atoms. The van der Waals surface area contributed by atoms with Crippen LogP contribution in [0.1, 0.15) is 56.6 Å². The summed E-state index contributed by atoms with van der Waals surface area (Å²) >= 11 is 0. The van der Waals surface area contributed by atoms with Gasteiger partial charge >= 0.3 is 0 Å². The lowest BCUT2D eigenvalue weighted by atomic mass is 9.92. The maximum Gasteiger partial charge on any atom is 0.0626 e. The van der Waals surface area contributed by atoms with Crippen LogP contribution >= 0.6 is 0 Å². The molecular weight excluding hydrogens is 272 g/mol. The summed E-state index contributed by atoms with van der Waals surface area (Å²) in [6.07, 6.45) is 9.50. The van der Waals surface area contributed by atoms with E-state index in [4.69, 9.17) is 0 Å². The summed E-state index contributed by atoms with van der Waals surface area (Å²) in [5.41, 5.74) is 1.19. The van der Waals surface area contributed by atoms with Gasteiger partial charge in [-0.25, -0.2) is 0 Å². The van der Waals surface area contributed by atoms with Crippen LogP contribution in [0.2, 0.25) is 0 Å². The van der Waals surface area contributed by atoms with Crippen molar-refractivity contribution in [3.8, 4) is 0 Å². The molecule has 1 aliphatic heterocycles. The van der Waals surface area contributed by atoms with Gasteiger partial charge in [0, 0.05) is 12.1 Å². The minimum Gasteiger partial charge on any atom is -0.394 e. The van der Waals surface area contributed by atoms with Crippen molar-refractivity contribution in [1.29, 1.82) is 0 Å². The molecule has 2 N–H and O–H groups in total. The number of aliphatic hydroxyl groups excluding tert-OH is 1. The quantitative estimate of drug-likeness (QED) is 0.877. The van der Waals surface area contributed by atoms with Gasteiger partial charge in [0.2, 0.25) is 0 Å². The molecule has 2 aliphatic rings. The number of hydrogen-bond donors (Lipinski definition) is 2. The maximum atomic E-state index is 9.69. The number of aliphatic hydroxyl groups is 1. The van der Waals surface area contributed by atoms with Crippen LogP contribution in [0.15, 0.2) is 30.3 Å². The van der Waals surface area contributed by atoms with Crippen molar-refractivity contribution < 1.29 is 5.11 Å². The Bertz CT molecular complexity index is 422. The first kappa shape index (κ1) is 16.0. The van der Waals surface area contributed by atoms with Gasteiger partial charge in [-0.05, 0) is 44.3 Å². The summed E-state index contributed by atoms with van der Waals surface area (Å²) < 4.78 is 0. The predicted molar refractivity (Wildman–Crippen MR) is 90.9 cm³/mol. The van der Waals surface area contributed by atoms with E-state index in [9.17, 15) is 5.11 Å². The molecule has 1 aromatic rings. The molecule has 0 radical (unpaired) electrons. The normalized spacial score (nSPS) is 23.5. The molecule has 0 bridgehead atoms. The van der Waals surface area contributed by atoms with E-state index in [1.807, 2.05) is 18.2 Å². The molecule has 1 atom stereocenters. The fraction of sp³-hybridized carbons (Fsp3) is 0.684. The summed E-state index contributed by atoms with van der Waals surface area (Å²) in [6.45, 7) is 2.61. The van der Waals surface area contributed by atoms with Gasteiger partial charge < -0.3 is 15.3 Å². The van der Waals surface area contributed by atoms with Crippen LogP contribution in [0.3, 0.4) is 0 Å². The Morgan fingerprint density at radius 3 is 2.32 bits per heavy atom. The van der Waals surface area contributed by atoms with Crippen LogP contribution in [0.4, 0.5) is 0 Å². The van der Waals surface area contributed by atoms with E-state index in [1.165, 1.54) is 63.6 Å². The Balaban J connectivity index is 1.48. The van der Waals surface area contributed by atoms with E-state index in [0.29, 0.717) is 6.04 Å². The molecule has 0 aromatic heterocycles. The van der Waals surface area contributed by atoms with Crippen molar-refractivity contribution in [3.05, 3.63) is 35.9 Å². The molecule has 1 aliphatic carbocycles. The molecule has 1 aromatic carbocycles. The number of rotatable bonds is 5. The Morgan fingerprint density at radius 2 is 1.68 bits per heavy atom. The molecule has 1 heterocycles. The number of piperidine rings is 1. The topological polar surface area (TPSA) is 35.5 Å². The molecule has 3 nitrogen and oxygen atoms in total. The van der Waals surface area contributed by atoms with Crippen molar-refractivity contribution in [2.75, 3.05) is 19.7 Å². The van der Waals surface area contributed by atoms with Gasteiger partial charge in [0.15, 0.2) is 0 Å². The first-order chi connectivity index (χ1) is 10.9. The molecule has 2 fully saturated rings. The third-order valence-electron chi connectivity index (χ3n) is 5.44. The van der Waals surface area contributed by atoms with Gasteiger partial charge in [-0.1, -0.05) is 49.6 Å². The summed E-state index contributed by atoms with van der Waals surface area (Å²) in [5, 5.41) is 13.4. The lowest BCUT2D eigenvalue weighted by Crippen LogP contribution is -2.48. The second-order valence-corrected chi connectivity index (χ2v) is 6.91. The van der Waals surface area contributed by atoms with Crippen LogP contribution in [0.5, 0.6) is 0 Å². The summed E-state index contributed by atoms with van der Waals surface area (Å²) in [4.78, 5) is 2.72. The molecular formula is C19H30N2O. The van der Waals surface area contributed by atoms with E-state index < -0.39 is 0 Å². The van der Waals surface area contributed by atoms with Gasteiger partial charge in [-0.3, -0.25) is 0 Å². The van der Waals surface area contributed by atoms with Crippen molar-refractivity contribution in [2.24, 2.45) is 0 Å². The Kier molecular flexibility index (Phi) is 5.88. The minimum absolute atomic E-state index is 0.0763. The highest BCUT2D eigenvalue weighted by Gasteiger charge is 2.27. The lowest BCUT2D eigenvalue weighted by Gasteiger charge is -2.40. The fourth-order valence-electron chi connectivity index (χ4n) is 4.10. The van der Waals surface area contributed by atoms with Crippen molar-refractivity contribution in [1.82, 2.24) is 10.2 Å². The van der Waals surface area contributed by atoms with E-state index >= 15 is 0 Å². The Labute approximate surface area is 134 Å². The summed E-state index contributed by atoms with van der Waals surface area (Å²) in [5.74, 6) is 0. The summed E-state index contributed by atoms with van der Waals surface area (Å²) in [6, 6.07) is 11.8. The fourth-order valence-corrected chi connectivity index (χ4v) is 4.10. The Morgan fingerprint density at radius 1 is 1.00 bits per heavy atom. The molecule has 3 rings (SSSR count). The molecule has 1 saturated heterocycles. The van der Waals surface area contributed by atoms with Crippen molar-refractivity contribution in [3.63, 3.8) is 0 Å². The van der Waals surface area contributed by atoms with Gasteiger partial charge in [0.05, 0.1) is 12.6 Å². The second-order valence-electron chi connectivity index (χ2n) is 6.91. The monoisotopic (exact) mass is 302 g/mol. The zero-order chi connectivity index (χ0) is 15.2. The van der Waals surface area contributed by atoms with Crippen LogP contribution in [0.25, 0.3) is 0 Å². The highest BCUT2D eigenvalue weighted by atomic mass is 16.3. The molecule has 0 amide bonds. The number of nitrogens with one attached hydrogen (secondary N) is 1. The van der Waals surface area contributed by atoms with E-state index in [-0.39, 0.29) is 12.6 Å². The van der Waals surface area contributed by atoms with E-state index in [0.717, 1.165) is 6.04 Å².